The minimum atomic E-state index is -3.44. The fraction of sp³-hybridized carbons (Fsp3) is 0.588. The molecular formula is C17H25N3O2S. The molecule has 0 aliphatic carbocycles. The smallest absolute Gasteiger partial charge is 0.243 e. The van der Waals surface area contributed by atoms with Crippen LogP contribution in [-0.4, -0.2) is 49.8 Å². The van der Waals surface area contributed by atoms with Crippen LogP contribution in [0.25, 0.3) is 0 Å². The molecule has 126 valence electrons. The second-order valence-electron chi connectivity index (χ2n) is 6.12. The summed E-state index contributed by atoms with van der Waals surface area (Å²) in [5, 5.41) is 8.96. The van der Waals surface area contributed by atoms with E-state index >= 15 is 0 Å². The van der Waals surface area contributed by atoms with E-state index in [1.165, 1.54) is 9.87 Å². The maximum absolute atomic E-state index is 12.7. The van der Waals surface area contributed by atoms with Gasteiger partial charge in [0.2, 0.25) is 10.0 Å². The fourth-order valence-electron chi connectivity index (χ4n) is 2.77. The monoisotopic (exact) mass is 335 g/mol. The van der Waals surface area contributed by atoms with Gasteiger partial charge in [-0.2, -0.15) is 9.57 Å². The van der Waals surface area contributed by atoms with Gasteiger partial charge in [0.05, 0.1) is 17.0 Å². The first kappa shape index (κ1) is 17.9. The molecule has 0 spiro atoms. The van der Waals surface area contributed by atoms with E-state index in [0.717, 1.165) is 6.42 Å². The largest absolute Gasteiger partial charge is 0.286 e. The highest BCUT2D eigenvalue weighted by atomic mass is 32.2. The molecule has 0 amide bonds. The number of rotatable bonds is 5. The van der Waals surface area contributed by atoms with Crippen molar-refractivity contribution in [1.82, 2.24) is 9.21 Å². The number of nitrogens with zero attached hydrogens (tertiary/aromatic N) is 3. The van der Waals surface area contributed by atoms with Crippen LogP contribution in [0.4, 0.5) is 0 Å². The Kier molecular flexibility index (Phi) is 5.79. The molecule has 1 aromatic carbocycles. The van der Waals surface area contributed by atoms with Gasteiger partial charge in [0.15, 0.2) is 0 Å². The first-order chi connectivity index (χ1) is 10.9. The van der Waals surface area contributed by atoms with Crippen LogP contribution in [0.1, 0.15) is 38.7 Å². The normalized spacial score (nSPS) is 19.9. The van der Waals surface area contributed by atoms with Crippen LogP contribution in [-0.2, 0) is 10.0 Å². The van der Waals surface area contributed by atoms with Crippen LogP contribution in [0.2, 0.25) is 0 Å². The highest BCUT2D eigenvalue weighted by Gasteiger charge is 2.29. The predicted molar refractivity (Wildman–Crippen MR) is 90.6 cm³/mol. The third-order valence-electron chi connectivity index (χ3n) is 4.71. The van der Waals surface area contributed by atoms with Crippen molar-refractivity contribution in [2.24, 2.45) is 0 Å². The summed E-state index contributed by atoms with van der Waals surface area (Å²) >= 11 is 0. The molecule has 5 nitrogen and oxygen atoms in total. The Hall–Kier alpha value is -1.42. The molecule has 1 aliphatic rings. The topological polar surface area (TPSA) is 64.4 Å². The van der Waals surface area contributed by atoms with Crippen LogP contribution in [0.15, 0.2) is 29.2 Å². The first-order valence-corrected chi connectivity index (χ1v) is 9.58. The maximum Gasteiger partial charge on any atom is 0.243 e. The number of hydrogen-bond acceptors (Lipinski definition) is 4. The summed E-state index contributed by atoms with van der Waals surface area (Å²) in [4.78, 5) is 2.37. The van der Waals surface area contributed by atoms with Crippen molar-refractivity contribution >= 4 is 10.0 Å². The standard InChI is InChI=1S/C17H25N3O2S/c1-4-14(2)16-5-7-17(8-6-16)23(21,22)20-11-9-19(10-12-20)15(3)13-18/h5-8,14-15H,4,9-12H2,1-3H3/t14-,15+/m1/s1. The maximum atomic E-state index is 12.7. The number of hydrogen-bond donors (Lipinski definition) is 0. The van der Waals surface area contributed by atoms with Crippen LogP contribution < -0.4 is 0 Å². The summed E-state index contributed by atoms with van der Waals surface area (Å²) in [5.74, 6) is 0.433. The zero-order valence-corrected chi connectivity index (χ0v) is 14.9. The highest BCUT2D eigenvalue weighted by Crippen LogP contribution is 2.23. The predicted octanol–water partition coefficient (Wildman–Crippen LogP) is 2.42. The van der Waals surface area contributed by atoms with E-state index < -0.39 is 10.0 Å². The van der Waals surface area contributed by atoms with Gasteiger partial charge in [-0.05, 0) is 37.0 Å². The first-order valence-electron chi connectivity index (χ1n) is 8.14. The average Bonchev–Trinajstić information content (AvgIpc) is 2.60. The van der Waals surface area contributed by atoms with Crippen LogP contribution in [0, 0.1) is 11.3 Å². The Morgan fingerprint density at radius 2 is 1.70 bits per heavy atom. The molecule has 2 rings (SSSR count). The van der Waals surface area contributed by atoms with Gasteiger partial charge < -0.3 is 0 Å². The van der Waals surface area contributed by atoms with Crippen LogP contribution >= 0.6 is 0 Å². The van der Waals surface area contributed by atoms with Crippen molar-refractivity contribution in [2.45, 2.75) is 44.0 Å². The van der Waals surface area contributed by atoms with Gasteiger partial charge in [-0.3, -0.25) is 4.90 Å². The SMILES string of the molecule is CC[C@@H](C)c1ccc(S(=O)(=O)N2CCN([C@@H](C)C#N)CC2)cc1. The van der Waals surface area contributed by atoms with Crippen molar-refractivity contribution in [3.05, 3.63) is 29.8 Å². The number of nitriles is 1. The van der Waals surface area contributed by atoms with E-state index in [2.05, 4.69) is 19.9 Å². The number of sulfonamides is 1. The van der Waals surface area contributed by atoms with E-state index in [-0.39, 0.29) is 6.04 Å². The summed E-state index contributed by atoms with van der Waals surface area (Å²) in [6.45, 7) is 8.16. The fourth-order valence-corrected chi connectivity index (χ4v) is 4.19. The lowest BCUT2D eigenvalue weighted by Gasteiger charge is -2.35. The van der Waals surface area contributed by atoms with Gasteiger partial charge in [-0.15, -0.1) is 0 Å². The Morgan fingerprint density at radius 1 is 1.13 bits per heavy atom. The lowest BCUT2D eigenvalue weighted by molar-refractivity contribution is 0.169. The van der Waals surface area contributed by atoms with Crippen LogP contribution in [0.3, 0.4) is 0 Å². The minimum Gasteiger partial charge on any atom is -0.286 e. The quantitative estimate of drug-likeness (QED) is 0.829. The summed E-state index contributed by atoms with van der Waals surface area (Å²) in [6, 6.07) is 9.27. The molecule has 1 heterocycles. The summed E-state index contributed by atoms with van der Waals surface area (Å²) < 4.78 is 27.0. The van der Waals surface area contributed by atoms with Gasteiger partial charge >= 0.3 is 0 Å². The molecule has 0 saturated carbocycles. The molecule has 1 saturated heterocycles. The minimum absolute atomic E-state index is 0.172. The molecule has 1 fully saturated rings. The van der Waals surface area contributed by atoms with E-state index in [1.54, 1.807) is 12.1 Å². The van der Waals surface area contributed by atoms with Crippen molar-refractivity contribution in [1.29, 1.82) is 5.26 Å². The lowest BCUT2D eigenvalue weighted by Crippen LogP contribution is -2.50. The van der Waals surface area contributed by atoms with E-state index in [1.807, 2.05) is 24.0 Å². The molecule has 23 heavy (non-hydrogen) atoms. The molecule has 0 aromatic heterocycles. The lowest BCUT2D eigenvalue weighted by atomic mass is 9.99. The Morgan fingerprint density at radius 3 is 2.17 bits per heavy atom. The van der Waals surface area contributed by atoms with Crippen molar-refractivity contribution in [2.75, 3.05) is 26.2 Å². The number of benzene rings is 1. The summed E-state index contributed by atoms with van der Waals surface area (Å²) in [7, 11) is -3.44. The third kappa shape index (κ3) is 3.92. The summed E-state index contributed by atoms with van der Waals surface area (Å²) in [6.07, 6.45) is 1.03. The molecule has 1 aromatic rings. The molecular weight excluding hydrogens is 310 g/mol. The van der Waals surface area contributed by atoms with Gasteiger partial charge in [-0.1, -0.05) is 26.0 Å². The molecule has 0 unspecified atom stereocenters. The van der Waals surface area contributed by atoms with Crippen molar-refractivity contribution in [3.8, 4) is 6.07 Å². The Bertz CT molecular complexity index is 656. The van der Waals surface area contributed by atoms with Crippen LogP contribution in [0.5, 0.6) is 0 Å². The molecule has 1 aliphatic heterocycles. The molecule has 0 N–H and O–H groups in total. The number of piperazine rings is 1. The van der Waals surface area contributed by atoms with Crippen molar-refractivity contribution < 1.29 is 8.42 Å². The second-order valence-corrected chi connectivity index (χ2v) is 8.06. The molecule has 6 heteroatoms. The molecule has 0 bridgehead atoms. The van der Waals surface area contributed by atoms with E-state index in [4.69, 9.17) is 5.26 Å². The van der Waals surface area contributed by atoms with E-state index in [0.29, 0.717) is 37.0 Å². The zero-order valence-electron chi connectivity index (χ0n) is 14.1. The molecule has 2 atom stereocenters. The van der Waals surface area contributed by atoms with Crippen molar-refractivity contribution in [3.63, 3.8) is 0 Å². The third-order valence-corrected chi connectivity index (χ3v) is 6.62. The summed E-state index contributed by atoms with van der Waals surface area (Å²) in [5.41, 5.74) is 1.17. The van der Waals surface area contributed by atoms with Gasteiger partial charge in [-0.25, -0.2) is 8.42 Å². The second kappa shape index (κ2) is 7.43. The molecule has 0 radical (unpaired) electrons. The average molecular weight is 335 g/mol. The Labute approximate surface area is 139 Å². The zero-order chi connectivity index (χ0) is 17.0. The van der Waals surface area contributed by atoms with Gasteiger partial charge in [0.25, 0.3) is 0 Å². The van der Waals surface area contributed by atoms with Gasteiger partial charge in [0, 0.05) is 26.2 Å². The Balaban J connectivity index is 2.09. The highest BCUT2D eigenvalue weighted by molar-refractivity contribution is 7.89. The van der Waals surface area contributed by atoms with Gasteiger partial charge in [0.1, 0.15) is 0 Å². The van der Waals surface area contributed by atoms with E-state index in [9.17, 15) is 8.42 Å².